The maximum absolute atomic E-state index is 12.8. The monoisotopic (exact) mass is 332 g/mol. The number of nitrogens with zero attached hydrogens (tertiary/aromatic N) is 4. The Kier molecular flexibility index (Phi) is 5.24. The summed E-state index contributed by atoms with van der Waals surface area (Å²) in [5.74, 6) is 0.356. The SMILES string of the molecule is CCNc1ncc(C(=O)N2CCNCC2C(=O)N2CCCC2)cn1. The first-order valence-corrected chi connectivity index (χ1v) is 8.57. The van der Waals surface area contributed by atoms with E-state index in [2.05, 4.69) is 20.6 Å². The highest BCUT2D eigenvalue weighted by molar-refractivity contribution is 5.97. The summed E-state index contributed by atoms with van der Waals surface area (Å²) in [4.78, 5) is 37.4. The summed E-state index contributed by atoms with van der Waals surface area (Å²) >= 11 is 0. The number of carbonyl (C=O) groups is 2. The molecule has 2 amide bonds. The molecule has 8 nitrogen and oxygen atoms in total. The van der Waals surface area contributed by atoms with Gasteiger partial charge in [0.1, 0.15) is 6.04 Å². The number of rotatable bonds is 4. The van der Waals surface area contributed by atoms with Gasteiger partial charge in [-0.05, 0) is 19.8 Å². The predicted octanol–water partition coefficient (Wildman–Crippen LogP) is -0.0552. The van der Waals surface area contributed by atoms with Crippen molar-refractivity contribution in [2.45, 2.75) is 25.8 Å². The van der Waals surface area contributed by atoms with Crippen molar-refractivity contribution < 1.29 is 9.59 Å². The van der Waals surface area contributed by atoms with Gasteiger partial charge >= 0.3 is 0 Å². The Morgan fingerprint density at radius 1 is 1.25 bits per heavy atom. The van der Waals surface area contributed by atoms with Gasteiger partial charge in [-0.15, -0.1) is 0 Å². The van der Waals surface area contributed by atoms with Crippen LogP contribution >= 0.6 is 0 Å². The van der Waals surface area contributed by atoms with E-state index in [0.717, 1.165) is 32.5 Å². The molecule has 2 saturated heterocycles. The highest BCUT2D eigenvalue weighted by Crippen LogP contribution is 2.16. The van der Waals surface area contributed by atoms with Gasteiger partial charge in [0.05, 0.1) is 5.56 Å². The number of hydrogen-bond acceptors (Lipinski definition) is 6. The summed E-state index contributed by atoms with van der Waals surface area (Å²) in [6.45, 7) is 5.95. The van der Waals surface area contributed by atoms with Crippen LogP contribution in [-0.2, 0) is 4.79 Å². The molecule has 0 saturated carbocycles. The number of hydrogen-bond donors (Lipinski definition) is 2. The summed E-state index contributed by atoms with van der Waals surface area (Å²) in [7, 11) is 0. The zero-order valence-corrected chi connectivity index (χ0v) is 14.0. The summed E-state index contributed by atoms with van der Waals surface area (Å²) in [5, 5.41) is 6.22. The Balaban J connectivity index is 1.74. The molecule has 1 atom stereocenters. The van der Waals surface area contributed by atoms with E-state index in [1.165, 1.54) is 12.4 Å². The second-order valence-electron chi connectivity index (χ2n) is 6.08. The van der Waals surface area contributed by atoms with Gasteiger partial charge in [-0.3, -0.25) is 9.59 Å². The maximum Gasteiger partial charge on any atom is 0.257 e. The fourth-order valence-corrected chi connectivity index (χ4v) is 3.17. The number of amides is 2. The smallest absolute Gasteiger partial charge is 0.257 e. The molecule has 8 heteroatoms. The molecular formula is C16H24N6O2. The first kappa shape index (κ1) is 16.6. The molecule has 0 aromatic carbocycles. The van der Waals surface area contributed by atoms with Crippen molar-refractivity contribution in [1.29, 1.82) is 0 Å². The predicted molar refractivity (Wildman–Crippen MR) is 89.7 cm³/mol. The normalized spacial score (nSPS) is 21.0. The van der Waals surface area contributed by atoms with E-state index in [-0.39, 0.29) is 11.8 Å². The van der Waals surface area contributed by atoms with Crippen molar-refractivity contribution in [3.8, 4) is 0 Å². The fraction of sp³-hybridized carbons (Fsp3) is 0.625. The fourth-order valence-electron chi connectivity index (χ4n) is 3.17. The molecule has 24 heavy (non-hydrogen) atoms. The van der Waals surface area contributed by atoms with Crippen LogP contribution in [0.15, 0.2) is 12.4 Å². The summed E-state index contributed by atoms with van der Waals surface area (Å²) in [6.07, 6.45) is 5.12. The van der Waals surface area contributed by atoms with E-state index >= 15 is 0 Å². The van der Waals surface area contributed by atoms with Crippen LogP contribution in [0.5, 0.6) is 0 Å². The lowest BCUT2D eigenvalue weighted by atomic mass is 10.1. The molecule has 0 spiro atoms. The first-order valence-electron chi connectivity index (χ1n) is 8.57. The van der Waals surface area contributed by atoms with Crippen LogP contribution in [0.2, 0.25) is 0 Å². The third kappa shape index (κ3) is 3.48. The number of anilines is 1. The van der Waals surface area contributed by atoms with Crippen LogP contribution in [0.3, 0.4) is 0 Å². The van der Waals surface area contributed by atoms with Gasteiger partial charge in [0, 0.05) is 51.7 Å². The number of likely N-dealkylation sites (tertiary alicyclic amines) is 1. The lowest BCUT2D eigenvalue weighted by Crippen LogP contribution is -2.59. The molecule has 1 unspecified atom stereocenters. The minimum absolute atomic E-state index is 0.0400. The molecule has 3 rings (SSSR count). The molecule has 130 valence electrons. The van der Waals surface area contributed by atoms with Gasteiger partial charge in [0.25, 0.3) is 5.91 Å². The lowest BCUT2D eigenvalue weighted by Gasteiger charge is -2.37. The quantitative estimate of drug-likeness (QED) is 0.803. The minimum atomic E-state index is -0.446. The third-order valence-electron chi connectivity index (χ3n) is 4.44. The Hall–Kier alpha value is -2.22. The Bertz CT molecular complexity index is 585. The van der Waals surface area contributed by atoms with Crippen LogP contribution in [0.1, 0.15) is 30.1 Å². The van der Waals surface area contributed by atoms with Gasteiger partial charge in [0.2, 0.25) is 11.9 Å². The molecule has 0 radical (unpaired) electrons. The Labute approximate surface area is 141 Å². The largest absolute Gasteiger partial charge is 0.355 e. The highest BCUT2D eigenvalue weighted by atomic mass is 16.2. The van der Waals surface area contributed by atoms with Crippen molar-refractivity contribution in [1.82, 2.24) is 25.1 Å². The molecule has 2 aliphatic rings. The van der Waals surface area contributed by atoms with Gasteiger partial charge in [-0.25, -0.2) is 9.97 Å². The van der Waals surface area contributed by atoms with Gasteiger partial charge < -0.3 is 20.4 Å². The minimum Gasteiger partial charge on any atom is -0.355 e. The molecule has 2 fully saturated rings. The van der Waals surface area contributed by atoms with E-state index in [1.807, 2.05) is 11.8 Å². The molecule has 0 bridgehead atoms. The highest BCUT2D eigenvalue weighted by Gasteiger charge is 2.36. The number of nitrogens with one attached hydrogen (secondary N) is 2. The Morgan fingerprint density at radius 3 is 2.62 bits per heavy atom. The summed E-state index contributed by atoms with van der Waals surface area (Å²) < 4.78 is 0. The summed E-state index contributed by atoms with van der Waals surface area (Å²) in [5.41, 5.74) is 0.415. The lowest BCUT2D eigenvalue weighted by molar-refractivity contribution is -0.135. The second-order valence-corrected chi connectivity index (χ2v) is 6.08. The molecular weight excluding hydrogens is 308 g/mol. The van der Waals surface area contributed by atoms with E-state index in [9.17, 15) is 9.59 Å². The molecule has 3 heterocycles. The average Bonchev–Trinajstić information content (AvgIpc) is 3.16. The zero-order valence-electron chi connectivity index (χ0n) is 14.0. The van der Waals surface area contributed by atoms with Gasteiger partial charge in [-0.2, -0.15) is 0 Å². The van der Waals surface area contributed by atoms with E-state index in [4.69, 9.17) is 0 Å². The van der Waals surface area contributed by atoms with E-state index in [1.54, 1.807) is 4.90 Å². The van der Waals surface area contributed by atoms with Crippen LogP contribution in [0.4, 0.5) is 5.95 Å². The molecule has 1 aromatic rings. The Morgan fingerprint density at radius 2 is 1.96 bits per heavy atom. The van der Waals surface area contributed by atoms with Crippen LogP contribution < -0.4 is 10.6 Å². The van der Waals surface area contributed by atoms with Crippen LogP contribution in [0, 0.1) is 0 Å². The first-order chi connectivity index (χ1) is 11.7. The molecule has 2 N–H and O–H groups in total. The van der Waals surface area contributed by atoms with Crippen molar-refractivity contribution in [3.05, 3.63) is 18.0 Å². The van der Waals surface area contributed by atoms with Gasteiger partial charge in [-0.1, -0.05) is 0 Å². The molecule has 0 aliphatic carbocycles. The van der Waals surface area contributed by atoms with Crippen molar-refractivity contribution in [2.24, 2.45) is 0 Å². The van der Waals surface area contributed by atoms with Crippen molar-refractivity contribution >= 4 is 17.8 Å². The summed E-state index contributed by atoms with van der Waals surface area (Å²) in [6, 6.07) is -0.446. The van der Waals surface area contributed by atoms with Crippen molar-refractivity contribution in [3.63, 3.8) is 0 Å². The molecule has 2 aliphatic heterocycles. The van der Waals surface area contributed by atoms with E-state index in [0.29, 0.717) is 31.1 Å². The number of aromatic nitrogens is 2. The average molecular weight is 332 g/mol. The second kappa shape index (κ2) is 7.57. The standard InChI is InChI=1S/C16H24N6O2/c1-2-18-16-19-9-12(10-20-16)14(23)22-8-5-17-11-13(22)15(24)21-6-3-4-7-21/h9-10,13,17H,2-8,11H2,1H3,(H,18,19,20). The van der Waals surface area contributed by atoms with E-state index < -0.39 is 6.04 Å². The van der Waals surface area contributed by atoms with Crippen molar-refractivity contribution in [2.75, 3.05) is 44.6 Å². The topological polar surface area (TPSA) is 90.5 Å². The maximum atomic E-state index is 12.8. The number of piperazine rings is 1. The molecule has 1 aromatic heterocycles. The van der Waals surface area contributed by atoms with Crippen LogP contribution in [-0.4, -0.2) is 76.9 Å². The van der Waals surface area contributed by atoms with Gasteiger partial charge in [0.15, 0.2) is 0 Å². The third-order valence-corrected chi connectivity index (χ3v) is 4.44. The van der Waals surface area contributed by atoms with Crippen LogP contribution in [0.25, 0.3) is 0 Å². The number of carbonyl (C=O) groups excluding carboxylic acids is 2. The zero-order chi connectivity index (χ0) is 16.9.